The maximum Gasteiger partial charge on any atom is 0.323 e. The number of aliphatic hydroxyl groups is 1. The van der Waals surface area contributed by atoms with E-state index in [0.29, 0.717) is 0 Å². The van der Waals surface area contributed by atoms with Gasteiger partial charge in [0.1, 0.15) is 0 Å². The number of nitrogens with one attached hydrogen (secondary N) is 2. The number of aliphatic hydroxyl groups excluding tert-OH is 1. The average Bonchev–Trinajstić information content (AvgIpc) is 2.26. The van der Waals surface area contributed by atoms with Gasteiger partial charge in [0, 0.05) is 0 Å². The third kappa shape index (κ3) is 4.49. The Kier molecular flexibility index (Phi) is 4.84. The second kappa shape index (κ2) is 5.98. The molecule has 0 bridgehead atoms. The van der Waals surface area contributed by atoms with Gasteiger partial charge in [-0.3, -0.25) is 5.43 Å². The molecule has 108 valence electrons. The summed E-state index contributed by atoms with van der Waals surface area (Å²) >= 11 is 0. The molecular formula is C11H22N6O2. The summed E-state index contributed by atoms with van der Waals surface area (Å²) in [5.74, 6) is 5.78. The number of hydrogen-bond donors (Lipinski definition) is 4. The van der Waals surface area contributed by atoms with Crippen molar-refractivity contribution in [2.45, 2.75) is 52.4 Å². The highest BCUT2D eigenvalue weighted by Gasteiger charge is 2.25. The summed E-state index contributed by atoms with van der Waals surface area (Å²) in [5, 5.41) is 12.7. The van der Waals surface area contributed by atoms with Gasteiger partial charge in [-0.15, -0.1) is 0 Å². The fourth-order valence-corrected chi connectivity index (χ4v) is 1.13. The van der Waals surface area contributed by atoms with Gasteiger partial charge in [-0.25, -0.2) is 5.84 Å². The second-order valence-electron chi connectivity index (χ2n) is 5.10. The Bertz CT molecular complexity index is 422. The maximum absolute atomic E-state index is 9.68. The number of nitrogens with two attached hydrogens (primary N) is 1. The number of nitrogens with zero attached hydrogens (tertiary/aromatic N) is 3. The Balaban J connectivity index is 3.00. The van der Waals surface area contributed by atoms with Crippen molar-refractivity contribution < 1.29 is 9.84 Å². The number of rotatable bonds is 6. The van der Waals surface area contributed by atoms with E-state index in [4.69, 9.17) is 10.6 Å². The van der Waals surface area contributed by atoms with Gasteiger partial charge < -0.3 is 15.2 Å². The minimum absolute atomic E-state index is 0.0642. The normalized spacial score (nSPS) is 13.3. The number of hydrogen-bond acceptors (Lipinski definition) is 8. The van der Waals surface area contributed by atoms with Crippen LogP contribution in [0.2, 0.25) is 0 Å². The molecule has 0 amide bonds. The Hall–Kier alpha value is -1.67. The van der Waals surface area contributed by atoms with Crippen LogP contribution < -0.4 is 21.3 Å². The van der Waals surface area contributed by atoms with E-state index in [9.17, 15) is 5.11 Å². The van der Waals surface area contributed by atoms with Crippen molar-refractivity contribution in [3.8, 4) is 6.01 Å². The van der Waals surface area contributed by atoms with Crippen molar-refractivity contribution >= 4 is 11.9 Å². The van der Waals surface area contributed by atoms with Gasteiger partial charge in [-0.05, 0) is 34.6 Å². The van der Waals surface area contributed by atoms with E-state index in [1.807, 2.05) is 27.7 Å². The van der Waals surface area contributed by atoms with Crippen molar-refractivity contribution in [1.82, 2.24) is 15.0 Å². The lowest BCUT2D eigenvalue weighted by Gasteiger charge is -2.29. The molecule has 0 saturated heterocycles. The zero-order chi connectivity index (χ0) is 14.6. The van der Waals surface area contributed by atoms with Crippen LogP contribution in [0.5, 0.6) is 6.01 Å². The summed E-state index contributed by atoms with van der Waals surface area (Å²) in [6.07, 6.45) is -0.654. The molecule has 0 spiro atoms. The molecule has 1 rings (SSSR count). The van der Waals surface area contributed by atoms with E-state index in [-0.39, 0.29) is 24.0 Å². The van der Waals surface area contributed by atoms with E-state index < -0.39 is 11.6 Å². The molecule has 0 aliphatic carbocycles. The Morgan fingerprint density at radius 1 is 1.16 bits per heavy atom. The third-order valence-corrected chi connectivity index (χ3v) is 2.56. The lowest BCUT2D eigenvalue weighted by molar-refractivity contribution is 0.132. The standard InChI is InChI=1S/C11H22N6O2/c1-6(2)19-10-14-8(13-9(15-10)17-12)16-11(4,5)7(3)18/h6-7,18H,12H2,1-5H3,(H2,13,14,15,16,17). The van der Waals surface area contributed by atoms with E-state index in [1.54, 1.807) is 6.92 Å². The van der Waals surface area contributed by atoms with Crippen molar-refractivity contribution in [3.05, 3.63) is 0 Å². The summed E-state index contributed by atoms with van der Waals surface area (Å²) in [6, 6.07) is 0.168. The molecule has 1 heterocycles. The lowest BCUT2D eigenvalue weighted by atomic mass is 9.99. The predicted octanol–water partition coefficient (Wildman–Crippen LogP) is 0.516. The summed E-state index contributed by atoms with van der Waals surface area (Å²) in [5.41, 5.74) is 1.76. The molecule has 5 N–H and O–H groups in total. The van der Waals surface area contributed by atoms with Gasteiger partial charge in [0.2, 0.25) is 11.9 Å². The molecule has 8 nitrogen and oxygen atoms in total. The fraction of sp³-hybridized carbons (Fsp3) is 0.727. The number of anilines is 2. The van der Waals surface area contributed by atoms with Crippen LogP contribution in [-0.4, -0.2) is 37.8 Å². The molecule has 0 aliphatic rings. The monoisotopic (exact) mass is 270 g/mol. The van der Waals surface area contributed by atoms with Gasteiger partial charge in [0.15, 0.2) is 0 Å². The second-order valence-corrected chi connectivity index (χ2v) is 5.10. The number of ether oxygens (including phenoxy) is 1. The SMILES string of the molecule is CC(C)Oc1nc(NN)nc(NC(C)(C)C(C)O)n1. The molecule has 19 heavy (non-hydrogen) atoms. The smallest absolute Gasteiger partial charge is 0.323 e. The summed E-state index contributed by atoms with van der Waals surface area (Å²) in [7, 11) is 0. The van der Waals surface area contributed by atoms with Crippen LogP contribution in [0.15, 0.2) is 0 Å². The van der Waals surface area contributed by atoms with Gasteiger partial charge in [-0.1, -0.05) is 0 Å². The molecule has 1 aromatic rings. The fourth-order valence-electron chi connectivity index (χ4n) is 1.13. The quantitative estimate of drug-likeness (QED) is 0.436. The van der Waals surface area contributed by atoms with E-state index >= 15 is 0 Å². The molecule has 0 saturated carbocycles. The molecule has 0 aliphatic heterocycles. The van der Waals surface area contributed by atoms with Crippen LogP contribution in [0.4, 0.5) is 11.9 Å². The van der Waals surface area contributed by atoms with Gasteiger partial charge >= 0.3 is 6.01 Å². The van der Waals surface area contributed by atoms with Gasteiger partial charge in [0.25, 0.3) is 0 Å². The zero-order valence-electron chi connectivity index (χ0n) is 11.9. The minimum Gasteiger partial charge on any atom is -0.461 e. The van der Waals surface area contributed by atoms with E-state index in [1.165, 1.54) is 0 Å². The summed E-state index contributed by atoms with van der Waals surface area (Å²) in [6.45, 7) is 9.08. The van der Waals surface area contributed by atoms with Crippen molar-refractivity contribution in [2.75, 3.05) is 10.7 Å². The topological polar surface area (TPSA) is 118 Å². The van der Waals surface area contributed by atoms with Crippen LogP contribution in [-0.2, 0) is 0 Å². The number of nitrogen functional groups attached to an aromatic ring is 1. The van der Waals surface area contributed by atoms with E-state index in [0.717, 1.165) is 0 Å². The lowest BCUT2D eigenvalue weighted by Crippen LogP contribution is -2.42. The van der Waals surface area contributed by atoms with E-state index in [2.05, 4.69) is 25.7 Å². The Morgan fingerprint density at radius 3 is 2.21 bits per heavy atom. The largest absolute Gasteiger partial charge is 0.461 e. The number of aromatic nitrogens is 3. The van der Waals surface area contributed by atoms with Crippen LogP contribution in [0, 0.1) is 0 Å². The maximum atomic E-state index is 9.68. The average molecular weight is 270 g/mol. The van der Waals surface area contributed by atoms with Crippen LogP contribution in [0.1, 0.15) is 34.6 Å². The molecule has 1 unspecified atom stereocenters. The first kappa shape index (κ1) is 15.4. The number of hydrazine groups is 1. The summed E-state index contributed by atoms with van der Waals surface area (Å²) < 4.78 is 5.41. The van der Waals surface area contributed by atoms with Crippen molar-refractivity contribution in [2.24, 2.45) is 5.84 Å². The molecule has 0 aromatic carbocycles. The highest BCUT2D eigenvalue weighted by atomic mass is 16.5. The van der Waals surface area contributed by atoms with Crippen molar-refractivity contribution in [3.63, 3.8) is 0 Å². The Morgan fingerprint density at radius 2 is 1.74 bits per heavy atom. The third-order valence-electron chi connectivity index (χ3n) is 2.56. The van der Waals surface area contributed by atoms with Crippen LogP contribution >= 0.6 is 0 Å². The predicted molar refractivity (Wildman–Crippen MR) is 72.8 cm³/mol. The molecule has 8 heteroatoms. The Labute approximate surface area is 112 Å². The van der Waals surface area contributed by atoms with Crippen LogP contribution in [0.25, 0.3) is 0 Å². The zero-order valence-corrected chi connectivity index (χ0v) is 11.9. The van der Waals surface area contributed by atoms with Gasteiger partial charge in [0.05, 0.1) is 17.7 Å². The molecular weight excluding hydrogens is 248 g/mol. The van der Waals surface area contributed by atoms with Gasteiger partial charge in [-0.2, -0.15) is 15.0 Å². The highest BCUT2D eigenvalue weighted by molar-refractivity contribution is 5.37. The first-order valence-corrected chi connectivity index (χ1v) is 6.10. The minimum atomic E-state index is -0.595. The first-order chi connectivity index (χ1) is 8.74. The molecule has 1 atom stereocenters. The molecule has 0 fully saturated rings. The molecule has 0 radical (unpaired) electrons. The summed E-state index contributed by atoms with van der Waals surface area (Å²) in [4.78, 5) is 12.2. The van der Waals surface area contributed by atoms with Crippen LogP contribution in [0.3, 0.4) is 0 Å². The van der Waals surface area contributed by atoms with Crippen molar-refractivity contribution in [1.29, 1.82) is 0 Å². The first-order valence-electron chi connectivity index (χ1n) is 6.10. The molecule has 1 aromatic heterocycles. The highest BCUT2D eigenvalue weighted by Crippen LogP contribution is 2.18.